The van der Waals surface area contributed by atoms with E-state index in [2.05, 4.69) is 5.32 Å². The smallest absolute Gasteiger partial charge is 0.414 e. The number of rotatable bonds is 6. The molecular formula is C16H23ClN2O4. The molecule has 1 aromatic rings. The Kier molecular flexibility index (Phi) is 7.68. The summed E-state index contributed by atoms with van der Waals surface area (Å²) in [7, 11) is 0. The number of halogens is 1. The molecule has 0 aliphatic carbocycles. The van der Waals surface area contributed by atoms with E-state index in [1.165, 1.54) is 4.90 Å². The summed E-state index contributed by atoms with van der Waals surface area (Å²) in [5.74, 6) is 0.238. The first-order chi connectivity index (χ1) is 10.8. The van der Waals surface area contributed by atoms with Crippen molar-refractivity contribution in [2.45, 2.75) is 26.4 Å². The van der Waals surface area contributed by atoms with Gasteiger partial charge >= 0.3 is 12.2 Å². The van der Waals surface area contributed by atoms with Crippen LogP contribution >= 0.6 is 11.6 Å². The number of alkyl carbamates (subject to hydrolysis) is 1. The van der Waals surface area contributed by atoms with Crippen LogP contribution in [0.1, 0.15) is 20.8 Å². The normalized spacial score (nSPS) is 10.8. The number of hydrogen-bond donors (Lipinski definition) is 1. The quantitative estimate of drug-likeness (QED) is 0.804. The van der Waals surface area contributed by atoms with Crippen molar-refractivity contribution < 1.29 is 19.1 Å². The SMILES string of the molecule is CC(C)(C)OC(=O)N(CCNC(=O)OCCCl)c1ccccc1. The van der Waals surface area contributed by atoms with Crippen molar-refractivity contribution >= 4 is 29.5 Å². The van der Waals surface area contributed by atoms with Gasteiger partial charge in [-0.3, -0.25) is 4.90 Å². The van der Waals surface area contributed by atoms with Gasteiger partial charge in [0.25, 0.3) is 0 Å². The van der Waals surface area contributed by atoms with Crippen molar-refractivity contribution in [1.82, 2.24) is 5.32 Å². The number of carbonyl (C=O) groups excluding carboxylic acids is 2. The van der Waals surface area contributed by atoms with Crippen LogP contribution in [0.15, 0.2) is 30.3 Å². The third kappa shape index (κ3) is 7.74. The number of nitrogens with one attached hydrogen (secondary N) is 1. The van der Waals surface area contributed by atoms with Gasteiger partial charge in [0.2, 0.25) is 0 Å². The summed E-state index contributed by atoms with van der Waals surface area (Å²) in [6.07, 6.45) is -1.04. The molecule has 1 aromatic carbocycles. The third-order valence-corrected chi connectivity index (χ3v) is 2.75. The number of alkyl halides is 1. The first kappa shape index (κ1) is 19.1. The lowest BCUT2D eigenvalue weighted by molar-refractivity contribution is 0.0580. The molecule has 0 bridgehead atoms. The van der Waals surface area contributed by atoms with E-state index in [-0.39, 0.29) is 25.6 Å². The lowest BCUT2D eigenvalue weighted by Gasteiger charge is -2.27. The van der Waals surface area contributed by atoms with Gasteiger partial charge in [-0.1, -0.05) is 18.2 Å². The summed E-state index contributed by atoms with van der Waals surface area (Å²) in [6.45, 7) is 6.04. The van der Waals surface area contributed by atoms with Crippen LogP contribution in [0.2, 0.25) is 0 Å². The Labute approximate surface area is 141 Å². The van der Waals surface area contributed by atoms with E-state index in [1.807, 2.05) is 18.2 Å². The number of carbonyl (C=O) groups is 2. The highest BCUT2D eigenvalue weighted by Crippen LogP contribution is 2.17. The van der Waals surface area contributed by atoms with Crippen molar-refractivity contribution in [2.75, 3.05) is 30.5 Å². The van der Waals surface area contributed by atoms with Crippen LogP contribution in [0.3, 0.4) is 0 Å². The fourth-order valence-electron chi connectivity index (χ4n) is 1.70. The zero-order valence-corrected chi connectivity index (χ0v) is 14.4. The van der Waals surface area contributed by atoms with E-state index in [9.17, 15) is 9.59 Å². The number of benzene rings is 1. The first-order valence-electron chi connectivity index (χ1n) is 7.35. The van der Waals surface area contributed by atoms with Gasteiger partial charge in [-0.2, -0.15) is 0 Å². The number of nitrogens with zero attached hydrogens (tertiary/aromatic N) is 1. The van der Waals surface area contributed by atoms with Crippen LogP contribution in [0, 0.1) is 0 Å². The number of amides is 2. The highest BCUT2D eigenvalue weighted by Gasteiger charge is 2.23. The second-order valence-corrected chi connectivity index (χ2v) is 6.10. The third-order valence-electron chi connectivity index (χ3n) is 2.60. The lowest BCUT2D eigenvalue weighted by atomic mass is 10.2. The molecule has 6 nitrogen and oxygen atoms in total. The number of ether oxygens (including phenoxy) is 2. The van der Waals surface area contributed by atoms with Crippen molar-refractivity contribution in [3.8, 4) is 0 Å². The summed E-state index contributed by atoms with van der Waals surface area (Å²) in [4.78, 5) is 25.2. The Morgan fingerprint density at radius 2 is 1.87 bits per heavy atom. The zero-order valence-electron chi connectivity index (χ0n) is 13.7. The predicted octanol–water partition coefficient (Wildman–Crippen LogP) is 3.39. The van der Waals surface area contributed by atoms with Crippen molar-refractivity contribution in [3.05, 3.63) is 30.3 Å². The van der Waals surface area contributed by atoms with Gasteiger partial charge in [-0.15, -0.1) is 11.6 Å². The molecule has 0 aliphatic heterocycles. The van der Waals surface area contributed by atoms with Crippen LogP contribution in [-0.4, -0.2) is 43.4 Å². The maximum atomic E-state index is 12.3. The van der Waals surface area contributed by atoms with Crippen molar-refractivity contribution in [3.63, 3.8) is 0 Å². The molecule has 128 valence electrons. The number of anilines is 1. The van der Waals surface area contributed by atoms with E-state index in [4.69, 9.17) is 21.1 Å². The van der Waals surface area contributed by atoms with E-state index < -0.39 is 17.8 Å². The molecule has 0 unspecified atom stereocenters. The Morgan fingerprint density at radius 3 is 2.43 bits per heavy atom. The zero-order chi connectivity index (χ0) is 17.3. The molecule has 0 aromatic heterocycles. The van der Waals surface area contributed by atoms with E-state index in [0.717, 1.165) is 0 Å². The Hall–Kier alpha value is -1.95. The molecule has 1 N–H and O–H groups in total. The monoisotopic (exact) mass is 342 g/mol. The average Bonchev–Trinajstić information content (AvgIpc) is 2.48. The largest absolute Gasteiger partial charge is 0.448 e. The van der Waals surface area contributed by atoms with Gasteiger partial charge in [0.1, 0.15) is 12.2 Å². The summed E-state index contributed by atoms with van der Waals surface area (Å²) in [6, 6.07) is 9.12. The van der Waals surface area contributed by atoms with E-state index in [0.29, 0.717) is 5.69 Å². The van der Waals surface area contributed by atoms with Crippen LogP contribution in [0.5, 0.6) is 0 Å². The van der Waals surface area contributed by atoms with Crippen LogP contribution in [-0.2, 0) is 9.47 Å². The first-order valence-corrected chi connectivity index (χ1v) is 7.89. The molecule has 23 heavy (non-hydrogen) atoms. The topological polar surface area (TPSA) is 67.9 Å². The highest BCUT2D eigenvalue weighted by atomic mass is 35.5. The van der Waals surface area contributed by atoms with Crippen molar-refractivity contribution in [1.29, 1.82) is 0 Å². The highest BCUT2D eigenvalue weighted by molar-refractivity contribution is 6.18. The van der Waals surface area contributed by atoms with Gasteiger partial charge in [0, 0.05) is 18.8 Å². The molecule has 0 saturated heterocycles. The second-order valence-electron chi connectivity index (χ2n) is 5.72. The molecular weight excluding hydrogens is 320 g/mol. The average molecular weight is 343 g/mol. The summed E-state index contributed by atoms with van der Waals surface area (Å²) in [5, 5.41) is 2.57. The molecule has 0 heterocycles. The molecule has 0 atom stereocenters. The number of hydrogen-bond acceptors (Lipinski definition) is 4. The Balaban J connectivity index is 2.66. The molecule has 0 fully saturated rings. The molecule has 0 saturated carbocycles. The van der Waals surface area contributed by atoms with Crippen LogP contribution in [0.4, 0.5) is 15.3 Å². The molecule has 2 amide bonds. The minimum absolute atomic E-state index is 0.141. The van der Waals surface area contributed by atoms with Crippen LogP contribution in [0.25, 0.3) is 0 Å². The van der Waals surface area contributed by atoms with Gasteiger partial charge in [-0.05, 0) is 32.9 Å². The van der Waals surface area contributed by atoms with Crippen LogP contribution < -0.4 is 10.2 Å². The maximum Gasteiger partial charge on any atom is 0.414 e. The maximum absolute atomic E-state index is 12.3. The Bertz CT molecular complexity index is 503. The summed E-state index contributed by atoms with van der Waals surface area (Å²) < 4.78 is 10.2. The molecule has 7 heteroatoms. The van der Waals surface area contributed by atoms with E-state index >= 15 is 0 Å². The fraction of sp³-hybridized carbons (Fsp3) is 0.500. The standard InChI is InChI=1S/C16H23ClN2O4/c1-16(2,3)23-15(21)19(13-7-5-4-6-8-13)11-10-18-14(20)22-12-9-17/h4-8H,9-12H2,1-3H3,(H,18,20). The minimum atomic E-state index is -0.600. The second kappa shape index (κ2) is 9.25. The Morgan fingerprint density at radius 1 is 1.22 bits per heavy atom. The molecule has 0 radical (unpaired) electrons. The molecule has 0 spiro atoms. The fourth-order valence-corrected chi connectivity index (χ4v) is 1.78. The minimum Gasteiger partial charge on any atom is -0.448 e. The van der Waals surface area contributed by atoms with E-state index in [1.54, 1.807) is 32.9 Å². The van der Waals surface area contributed by atoms with Crippen molar-refractivity contribution in [2.24, 2.45) is 0 Å². The number of para-hydroxylation sites is 1. The van der Waals surface area contributed by atoms with Gasteiger partial charge in [-0.25, -0.2) is 9.59 Å². The molecule has 1 rings (SSSR count). The molecule has 0 aliphatic rings. The summed E-state index contributed by atoms with van der Waals surface area (Å²) in [5.41, 5.74) is 0.0919. The lowest BCUT2D eigenvalue weighted by Crippen LogP contribution is -2.41. The van der Waals surface area contributed by atoms with Gasteiger partial charge < -0.3 is 14.8 Å². The van der Waals surface area contributed by atoms with Gasteiger partial charge in [0.15, 0.2) is 0 Å². The summed E-state index contributed by atoms with van der Waals surface area (Å²) >= 11 is 5.44. The van der Waals surface area contributed by atoms with Gasteiger partial charge in [0.05, 0.1) is 5.88 Å². The predicted molar refractivity (Wildman–Crippen MR) is 90.1 cm³/mol.